The van der Waals surface area contributed by atoms with Crippen molar-refractivity contribution >= 4 is 0 Å². The zero-order valence-corrected chi connectivity index (χ0v) is 19.3. The molecule has 0 radical (unpaired) electrons. The standard InChI is InChI=1S/C29H32O4/c1-28(2)32-26-25(30)24(31-27(26)33-28)19-12-20-29(21-13-6-3-7-14-21,22-15-8-4-9-16-22)23-17-10-5-11-18-23/h3-11,13-18,24-27,30H,12,19-20H2,1-2H3/t24-,25+,26-,27-/m1/s1. The Labute approximate surface area is 196 Å². The number of benzene rings is 3. The van der Waals surface area contributed by atoms with Crippen molar-refractivity contribution in [3.05, 3.63) is 108 Å². The van der Waals surface area contributed by atoms with E-state index in [9.17, 15) is 5.11 Å². The molecule has 4 heteroatoms. The molecule has 2 heterocycles. The molecule has 2 fully saturated rings. The summed E-state index contributed by atoms with van der Waals surface area (Å²) in [7, 11) is 0. The predicted molar refractivity (Wildman–Crippen MR) is 128 cm³/mol. The van der Waals surface area contributed by atoms with Gasteiger partial charge in [0.2, 0.25) is 0 Å². The molecule has 4 nitrogen and oxygen atoms in total. The van der Waals surface area contributed by atoms with Crippen LogP contribution in [0.15, 0.2) is 91.0 Å². The van der Waals surface area contributed by atoms with Gasteiger partial charge in [-0.15, -0.1) is 0 Å². The highest BCUT2D eigenvalue weighted by atomic mass is 16.8. The second kappa shape index (κ2) is 9.03. The fourth-order valence-electron chi connectivity index (χ4n) is 5.47. The van der Waals surface area contributed by atoms with Crippen molar-refractivity contribution in [3.8, 4) is 0 Å². The molecule has 2 aliphatic rings. The number of aliphatic hydroxyl groups is 1. The molecule has 33 heavy (non-hydrogen) atoms. The molecule has 0 unspecified atom stereocenters. The molecular formula is C29H32O4. The maximum atomic E-state index is 10.8. The van der Waals surface area contributed by atoms with Crippen LogP contribution < -0.4 is 0 Å². The van der Waals surface area contributed by atoms with E-state index >= 15 is 0 Å². The first-order valence-electron chi connectivity index (χ1n) is 11.9. The van der Waals surface area contributed by atoms with Crippen LogP contribution in [-0.4, -0.2) is 35.5 Å². The number of rotatable bonds is 7. The lowest BCUT2D eigenvalue weighted by Crippen LogP contribution is -2.35. The summed E-state index contributed by atoms with van der Waals surface area (Å²) in [5, 5.41) is 10.8. The van der Waals surface area contributed by atoms with Gasteiger partial charge in [-0.3, -0.25) is 0 Å². The quantitative estimate of drug-likeness (QED) is 0.494. The van der Waals surface area contributed by atoms with Crippen LogP contribution in [0.25, 0.3) is 0 Å². The molecule has 3 aromatic rings. The molecule has 3 aromatic carbocycles. The molecule has 2 saturated heterocycles. The average molecular weight is 445 g/mol. The molecule has 0 aromatic heterocycles. The van der Waals surface area contributed by atoms with Crippen LogP contribution in [0, 0.1) is 0 Å². The SMILES string of the molecule is CC1(C)O[C@H]2O[C@H](CCCC(c3ccccc3)(c3ccccc3)c3ccccc3)[C@H](O)[C@H]2O1. The molecule has 0 spiro atoms. The minimum Gasteiger partial charge on any atom is -0.387 e. The van der Waals surface area contributed by atoms with E-state index in [0.717, 1.165) is 19.3 Å². The number of hydrogen-bond donors (Lipinski definition) is 1. The Morgan fingerprint density at radius 3 is 1.70 bits per heavy atom. The van der Waals surface area contributed by atoms with E-state index in [1.807, 2.05) is 13.8 Å². The van der Waals surface area contributed by atoms with Crippen LogP contribution in [0.5, 0.6) is 0 Å². The largest absolute Gasteiger partial charge is 0.387 e. The maximum Gasteiger partial charge on any atom is 0.190 e. The second-order valence-electron chi connectivity index (χ2n) is 9.53. The summed E-state index contributed by atoms with van der Waals surface area (Å²) in [4.78, 5) is 0. The van der Waals surface area contributed by atoms with E-state index < -0.39 is 24.3 Å². The fourth-order valence-corrected chi connectivity index (χ4v) is 5.47. The minimum atomic E-state index is -0.718. The summed E-state index contributed by atoms with van der Waals surface area (Å²) in [6.07, 6.45) is 0.598. The monoisotopic (exact) mass is 444 g/mol. The third-order valence-electron chi connectivity index (χ3n) is 6.95. The van der Waals surface area contributed by atoms with E-state index in [0.29, 0.717) is 0 Å². The van der Waals surface area contributed by atoms with Crippen LogP contribution >= 0.6 is 0 Å². The maximum absolute atomic E-state index is 10.8. The van der Waals surface area contributed by atoms with Crippen molar-refractivity contribution in [1.29, 1.82) is 0 Å². The molecule has 5 rings (SSSR count). The Bertz CT molecular complexity index is 938. The van der Waals surface area contributed by atoms with Crippen LogP contribution in [0.2, 0.25) is 0 Å². The van der Waals surface area contributed by atoms with E-state index in [1.54, 1.807) is 0 Å². The van der Waals surface area contributed by atoms with E-state index in [2.05, 4.69) is 91.0 Å². The molecule has 1 N–H and O–H groups in total. The van der Waals surface area contributed by atoms with Crippen molar-refractivity contribution in [2.45, 2.75) is 68.9 Å². The van der Waals surface area contributed by atoms with Crippen LogP contribution in [0.3, 0.4) is 0 Å². The lowest BCUT2D eigenvalue weighted by molar-refractivity contribution is -0.215. The van der Waals surface area contributed by atoms with Gasteiger partial charge in [-0.2, -0.15) is 0 Å². The van der Waals surface area contributed by atoms with Gasteiger partial charge in [0.1, 0.15) is 12.2 Å². The van der Waals surface area contributed by atoms with Gasteiger partial charge < -0.3 is 19.3 Å². The van der Waals surface area contributed by atoms with Crippen molar-refractivity contribution in [3.63, 3.8) is 0 Å². The highest BCUT2D eigenvalue weighted by Crippen LogP contribution is 2.44. The van der Waals surface area contributed by atoms with Gasteiger partial charge in [-0.05, 0) is 49.8 Å². The molecule has 0 aliphatic carbocycles. The smallest absolute Gasteiger partial charge is 0.190 e. The molecule has 0 amide bonds. The average Bonchev–Trinajstić information content (AvgIpc) is 3.30. The summed E-state index contributed by atoms with van der Waals surface area (Å²) in [6, 6.07) is 32.1. The summed E-state index contributed by atoms with van der Waals surface area (Å²) in [5.41, 5.74) is 3.50. The Hall–Kier alpha value is -2.50. The Morgan fingerprint density at radius 2 is 1.24 bits per heavy atom. The van der Waals surface area contributed by atoms with E-state index in [1.165, 1.54) is 16.7 Å². The van der Waals surface area contributed by atoms with Gasteiger partial charge in [0, 0.05) is 5.41 Å². The molecule has 2 aliphatic heterocycles. The van der Waals surface area contributed by atoms with Crippen molar-refractivity contribution in [1.82, 2.24) is 0 Å². The topological polar surface area (TPSA) is 47.9 Å². The Morgan fingerprint density at radius 1 is 0.758 bits per heavy atom. The zero-order chi connectivity index (χ0) is 22.9. The van der Waals surface area contributed by atoms with Crippen molar-refractivity contribution in [2.24, 2.45) is 0 Å². The van der Waals surface area contributed by atoms with Gasteiger partial charge in [-0.25, -0.2) is 0 Å². The van der Waals surface area contributed by atoms with Crippen LogP contribution in [0.1, 0.15) is 49.8 Å². The Kier molecular flexibility index (Phi) is 6.11. The van der Waals surface area contributed by atoms with Gasteiger partial charge >= 0.3 is 0 Å². The van der Waals surface area contributed by atoms with Gasteiger partial charge in [-0.1, -0.05) is 91.0 Å². The molecular weight excluding hydrogens is 412 g/mol. The van der Waals surface area contributed by atoms with Crippen molar-refractivity contribution in [2.75, 3.05) is 0 Å². The normalized spacial score (nSPS) is 26.3. The molecule has 172 valence electrons. The third-order valence-corrected chi connectivity index (χ3v) is 6.95. The van der Waals surface area contributed by atoms with Crippen molar-refractivity contribution < 1.29 is 19.3 Å². The van der Waals surface area contributed by atoms with E-state index in [-0.39, 0.29) is 11.5 Å². The summed E-state index contributed by atoms with van der Waals surface area (Å²) in [6.45, 7) is 3.70. The Balaban J connectivity index is 1.43. The molecule has 0 saturated carbocycles. The first-order valence-corrected chi connectivity index (χ1v) is 11.9. The predicted octanol–water partition coefficient (Wildman–Crippen LogP) is 5.43. The van der Waals surface area contributed by atoms with Crippen LogP contribution in [-0.2, 0) is 19.6 Å². The highest BCUT2D eigenvalue weighted by Gasteiger charge is 2.54. The zero-order valence-electron chi connectivity index (χ0n) is 19.3. The summed E-state index contributed by atoms with van der Waals surface area (Å²) in [5.74, 6) is -0.718. The minimum absolute atomic E-state index is 0.293. The van der Waals surface area contributed by atoms with Gasteiger partial charge in [0.15, 0.2) is 12.1 Å². The van der Waals surface area contributed by atoms with Gasteiger partial charge in [0.25, 0.3) is 0 Å². The van der Waals surface area contributed by atoms with Gasteiger partial charge in [0.05, 0.1) is 6.10 Å². The number of aliphatic hydroxyl groups excluding tert-OH is 1. The summed E-state index contributed by atoms with van der Waals surface area (Å²) >= 11 is 0. The lowest BCUT2D eigenvalue weighted by Gasteiger charge is -2.36. The second-order valence-corrected chi connectivity index (χ2v) is 9.53. The fraction of sp³-hybridized carbons (Fsp3) is 0.379. The number of ether oxygens (including phenoxy) is 3. The molecule has 0 bridgehead atoms. The van der Waals surface area contributed by atoms with E-state index in [4.69, 9.17) is 14.2 Å². The third kappa shape index (κ3) is 4.24. The highest BCUT2D eigenvalue weighted by molar-refractivity contribution is 5.50. The molecule has 4 atom stereocenters. The number of hydrogen-bond acceptors (Lipinski definition) is 4. The summed E-state index contributed by atoms with van der Waals surface area (Å²) < 4.78 is 17.8. The first kappa shape index (κ1) is 22.3. The van der Waals surface area contributed by atoms with Crippen LogP contribution in [0.4, 0.5) is 0 Å². The first-order chi connectivity index (χ1) is 16.0. The number of fused-ring (bicyclic) bond motifs is 1. The lowest BCUT2D eigenvalue weighted by atomic mass is 9.66.